The maximum Gasteiger partial charge on any atom is 0.224 e. The Morgan fingerprint density at radius 1 is 1.25 bits per heavy atom. The van der Waals surface area contributed by atoms with Crippen LogP contribution in [0.4, 0.5) is 5.69 Å². The third-order valence-corrected chi connectivity index (χ3v) is 4.17. The Balaban J connectivity index is 1.70. The molecule has 1 saturated heterocycles. The van der Waals surface area contributed by atoms with E-state index in [1.165, 1.54) is 5.56 Å². The number of likely N-dealkylation sites (tertiary alicyclic amines) is 1. The molecular weight excluding hydrogens is 248 g/mol. The molecule has 3 nitrogen and oxygen atoms in total. The number of aryl methyl sites for hydroxylation is 1. The molecule has 1 aromatic carbocycles. The van der Waals surface area contributed by atoms with Gasteiger partial charge in [-0.2, -0.15) is 0 Å². The molecule has 1 heterocycles. The van der Waals surface area contributed by atoms with E-state index in [9.17, 15) is 4.79 Å². The molecule has 0 aliphatic carbocycles. The van der Waals surface area contributed by atoms with E-state index in [-0.39, 0.29) is 5.91 Å². The summed E-state index contributed by atoms with van der Waals surface area (Å²) in [6.45, 7) is 7.01. The van der Waals surface area contributed by atoms with E-state index < -0.39 is 0 Å². The Bertz CT molecular complexity index is 419. The monoisotopic (exact) mass is 274 g/mol. The van der Waals surface area contributed by atoms with Gasteiger partial charge in [0.1, 0.15) is 0 Å². The van der Waals surface area contributed by atoms with Crippen molar-refractivity contribution in [3.63, 3.8) is 0 Å². The fourth-order valence-electron chi connectivity index (χ4n) is 2.59. The third kappa shape index (κ3) is 4.26. The van der Waals surface area contributed by atoms with Crippen molar-refractivity contribution in [3.8, 4) is 0 Å². The van der Waals surface area contributed by atoms with Gasteiger partial charge in [0, 0.05) is 31.7 Å². The highest BCUT2D eigenvalue weighted by Crippen LogP contribution is 2.16. The number of hydrogen-bond donors (Lipinski definition) is 1. The molecule has 1 fully saturated rings. The fourth-order valence-corrected chi connectivity index (χ4v) is 2.59. The normalized spacial score (nSPS) is 16.2. The van der Waals surface area contributed by atoms with Gasteiger partial charge in [-0.1, -0.05) is 26.0 Å². The molecule has 1 N–H and O–H groups in total. The maximum atomic E-state index is 12.1. The minimum absolute atomic E-state index is 0.287. The molecule has 3 heteroatoms. The number of carbonyl (C=O) groups is 1. The lowest BCUT2D eigenvalue weighted by Crippen LogP contribution is -2.38. The van der Waals surface area contributed by atoms with Crippen molar-refractivity contribution in [2.24, 2.45) is 5.92 Å². The fraction of sp³-hybridized carbons (Fsp3) is 0.588. The predicted molar refractivity (Wildman–Crippen MR) is 83.9 cm³/mol. The van der Waals surface area contributed by atoms with Crippen LogP contribution in [0, 0.1) is 5.92 Å². The summed E-state index contributed by atoms with van der Waals surface area (Å²) in [5.41, 5.74) is 2.44. The largest absolute Gasteiger partial charge is 0.385 e. The molecule has 0 spiro atoms. The lowest BCUT2D eigenvalue weighted by Gasteiger charge is -2.30. The number of benzene rings is 1. The molecule has 110 valence electrons. The van der Waals surface area contributed by atoms with Crippen molar-refractivity contribution in [3.05, 3.63) is 29.8 Å². The molecule has 0 atom stereocenters. The van der Waals surface area contributed by atoms with Crippen LogP contribution in [0.1, 0.15) is 38.7 Å². The van der Waals surface area contributed by atoms with Gasteiger partial charge in [0.15, 0.2) is 0 Å². The van der Waals surface area contributed by atoms with Gasteiger partial charge in [-0.3, -0.25) is 4.79 Å². The van der Waals surface area contributed by atoms with Gasteiger partial charge in [-0.05, 0) is 42.9 Å². The standard InChI is InChI=1S/C17H26N2O/c1-3-15-4-6-16(7-5-15)18-11-8-17(20)19-12-9-14(2)10-13-19/h4-7,14,18H,3,8-13H2,1-2H3. The van der Waals surface area contributed by atoms with Crippen molar-refractivity contribution < 1.29 is 4.79 Å². The van der Waals surface area contributed by atoms with Crippen molar-refractivity contribution >= 4 is 11.6 Å². The quantitative estimate of drug-likeness (QED) is 0.893. The van der Waals surface area contributed by atoms with Crippen molar-refractivity contribution in [2.75, 3.05) is 25.0 Å². The second kappa shape index (κ2) is 7.32. The summed E-state index contributed by atoms with van der Waals surface area (Å²) in [4.78, 5) is 14.1. The highest BCUT2D eigenvalue weighted by atomic mass is 16.2. The van der Waals surface area contributed by atoms with Gasteiger partial charge in [0.2, 0.25) is 5.91 Å². The van der Waals surface area contributed by atoms with E-state index >= 15 is 0 Å². The van der Waals surface area contributed by atoms with Gasteiger partial charge >= 0.3 is 0 Å². The van der Waals surface area contributed by atoms with Gasteiger partial charge in [0.05, 0.1) is 0 Å². The van der Waals surface area contributed by atoms with Crippen LogP contribution in [0.15, 0.2) is 24.3 Å². The summed E-state index contributed by atoms with van der Waals surface area (Å²) in [5, 5.41) is 3.33. The second-order valence-electron chi connectivity index (χ2n) is 5.79. The highest BCUT2D eigenvalue weighted by Gasteiger charge is 2.19. The SMILES string of the molecule is CCc1ccc(NCCC(=O)N2CCC(C)CC2)cc1. The zero-order valence-electron chi connectivity index (χ0n) is 12.7. The second-order valence-corrected chi connectivity index (χ2v) is 5.79. The number of nitrogens with one attached hydrogen (secondary N) is 1. The number of piperidine rings is 1. The Morgan fingerprint density at radius 3 is 2.50 bits per heavy atom. The van der Waals surface area contributed by atoms with E-state index in [1.54, 1.807) is 0 Å². The number of carbonyl (C=O) groups excluding carboxylic acids is 1. The van der Waals surface area contributed by atoms with Crippen LogP contribution in [0.5, 0.6) is 0 Å². The Hall–Kier alpha value is -1.51. The molecule has 0 aromatic heterocycles. The Kier molecular flexibility index (Phi) is 5.45. The van der Waals surface area contributed by atoms with Gasteiger partial charge in [0.25, 0.3) is 0 Å². The Morgan fingerprint density at radius 2 is 1.90 bits per heavy atom. The van der Waals surface area contributed by atoms with Crippen LogP contribution in [0.25, 0.3) is 0 Å². The topological polar surface area (TPSA) is 32.3 Å². The minimum atomic E-state index is 0.287. The average Bonchev–Trinajstić information content (AvgIpc) is 2.48. The smallest absolute Gasteiger partial charge is 0.224 e. The summed E-state index contributed by atoms with van der Waals surface area (Å²) in [6, 6.07) is 8.45. The molecule has 0 saturated carbocycles. The molecule has 1 aliphatic rings. The van der Waals surface area contributed by atoms with E-state index in [4.69, 9.17) is 0 Å². The van der Waals surface area contributed by atoms with Crippen LogP contribution in [-0.2, 0) is 11.2 Å². The van der Waals surface area contributed by atoms with E-state index in [1.807, 2.05) is 4.90 Å². The van der Waals surface area contributed by atoms with Crippen molar-refractivity contribution in [2.45, 2.75) is 39.5 Å². The molecule has 1 aromatic rings. The third-order valence-electron chi connectivity index (χ3n) is 4.17. The number of amides is 1. The van der Waals surface area contributed by atoms with E-state index in [0.29, 0.717) is 6.42 Å². The van der Waals surface area contributed by atoms with Crippen LogP contribution in [0.3, 0.4) is 0 Å². The molecular formula is C17H26N2O. The molecule has 2 rings (SSSR count). The first-order valence-corrected chi connectivity index (χ1v) is 7.79. The molecule has 1 amide bonds. The lowest BCUT2D eigenvalue weighted by molar-refractivity contribution is -0.132. The summed E-state index contributed by atoms with van der Waals surface area (Å²) in [5.74, 6) is 1.06. The number of nitrogens with zero attached hydrogens (tertiary/aromatic N) is 1. The molecule has 0 unspecified atom stereocenters. The van der Waals surface area contributed by atoms with Crippen molar-refractivity contribution in [1.29, 1.82) is 0 Å². The minimum Gasteiger partial charge on any atom is -0.385 e. The zero-order valence-corrected chi connectivity index (χ0v) is 12.7. The Labute approximate surface area is 122 Å². The van der Waals surface area contributed by atoms with Gasteiger partial charge in [-0.15, -0.1) is 0 Å². The lowest BCUT2D eigenvalue weighted by atomic mass is 9.99. The average molecular weight is 274 g/mol. The maximum absolute atomic E-state index is 12.1. The first-order chi connectivity index (χ1) is 9.69. The van der Waals surface area contributed by atoms with Crippen LogP contribution < -0.4 is 5.32 Å². The van der Waals surface area contributed by atoms with Crippen LogP contribution >= 0.6 is 0 Å². The zero-order chi connectivity index (χ0) is 14.4. The van der Waals surface area contributed by atoms with Crippen LogP contribution in [-0.4, -0.2) is 30.4 Å². The van der Waals surface area contributed by atoms with E-state index in [0.717, 1.165) is 50.5 Å². The number of hydrogen-bond acceptors (Lipinski definition) is 2. The van der Waals surface area contributed by atoms with E-state index in [2.05, 4.69) is 43.4 Å². The van der Waals surface area contributed by atoms with Crippen LogP contribution in [0.2, 0.25) is 0 Å². The molecule has 20 heavy (non-hydrogen) atoms. The number of anilines is 1. The molecule has 0 radical (unpaired) electrons. The summed E-state index contributed by atoms with van der Waals surface area (Å²) < 4.78 is 0. The summed E-state index contributed by atoms with van der Waals surface area (Å²) in [6.07, 6.45) is 3.95. The number of rotatable bonds is 5. The first-order valence-electron chi connectivity index (χ1n) is 7.79. The molecule has 1 aliphatic heterocycles. The molecule has 0 bridgehead atoms. The predicted octanol–water partition coefficient (Wildman–Crippen LogP) is 3.31. The first kappa shape index (κ1) is 14.9. The summed E-state index contributed by atoms with van der Waals surface area (Å²) in [7, 11) is 0. The summed E-state index contributed by atoms with van der Waals surface area (Å²) >= 11 is 0. The van der Waals surface area contributed by atoms with Gasteiger partial charge in [-0.25, -0.2) is 0 Å². The van der Waals surface area contributed by atoms with Crippen molar-refractivity contribution in [1.82, 2.24) is 4.90 Å². The van der Waals surface area contributed by atoms with Gasteiger partial charge < -0.3 is 10.2 Å². The highest BCUT2D eigenvalue weighted by molar-refractivity contribution is 5.76.